The Balaban J connectivity index is 2.52. The first-order valence-electron chi connectivity index (χ1n) is 4.47. The van der Waals surface area contributed by atoms with Gasteiger partial charge < -0.3 is 10.6 Å². The summed E-state index contributed by atoms with van der Waals surface area (Å²) < 4.78 is 0. The van der Waals surface area contributed by atoms with Gasteiger partial charge in [0.25, 0.3) is 0 Å². The van der Waals surface area contributed by atoms with Crippen molar-refractivity contribution in [3.8, 4) is 6.07 Å². The van der Waals surface area contributed by atoms with E-state index in [2.05, 4.69) is 10.6 Å². The van der Waals surface area contributed by atoms with Gasteiger partial charge in [0.2, 0.25) is 11.8 Å². The van der Waals surface area contributed by atoms with Crippen LogP contribution in [0.3, 0.4) is 0 Å². The molecule has 1 unspecified atom stereocenters. The molecule has 0 saturated carbocycles. The molecule has 1 fully saturated rings. The normalized spacial score (nSPS) is 21.2. The minimum Gasteiger partial charge on any atom is -0.344 e. The highest BCUT2D eigenvalue weighted by molar-refractivity contribution is 5.91. The van der Waals surface area contributed by atoms with Gasteiger partial charge in [-0.1, -0.05) is 0 Å². The first-order chi connectivity index (χ1) is 6.44. The monoisotopic (exact) mass is 195 g/mol. The molecule has 5 heteroatoms. The predicted molar refractivity (Wildman–Crippen MR) is 49.0 cm³/mol. The van der Waals surface area contributed by atoms with Crippen molar-refractivity contribution in [3.05, 3.63) is 0 Å². The molecule has 1 heterocycles. The van der Waals surface area contributed by atoms with E-state index in [4.69, 9.17) is 5.26 Å². The molecule has 1 atom stereocenters. The van der Waals surface area contributed by atoms with Crippen LogP contribution in [0, 0.1) is 11.3 Å². The zero-order valence-electron chi connectivity index (χ0n) is 8.26. The zero-order chi connectivity index (χ0) is 10.8. The van der Waals surface area contributed by atoms with Crippen molar-refractivity contribution in [3.63, 3.8) is 0 Å². The number of carbonyl (C=O) groups excluding carboxylic acids is 2. The summed E-state index contributed by atoms with van der Waals surface area (Å²) in [7, 11) is 0. The van der Waals surface area contributed by atoms with Crippen LogP contribution in [0.2, 0.25) is 0 Å². The summed E-state index contributed by atoms with van der Waals surface area (Å²) in [6.45, 7) is 3.23. The van der Waals surface area contributed by atoms with Crippen LogP contribution >= 0.6 is 0 Å². The van der Waals surface area contributed by atoms with Gasteiger partial charge in [0.05, 0.1) is 6.07 Å². The summed E-state index contributed by atoms with van der Waals surface area (Å²) >= 11 is 0. The molecule has 0 aromatic rings. The number of rotatable bonds is 2. The number of nitrogens with zero attached hydrogens (tertiary/aromatic N) is 1. The van der Waals surface area contributed by atoms with Gasteiger partial charge >= 0.3 is 0 Å². The third-order valence-corrected chi connectivity index (χ3v) is 2.03. The van der Waals surface area contributed by atoms with E-state index < -0.39 is 11.6 Å². The number of amides is 2. The highest BCUT2D eigenvalue weighted by Gasteiger charge is 2.30. The van der Waals surface area contributed by atoms with Crippen molar-refractivity contribution in [2.45, 2.75) is 38.3 Å². The lowest BCUT2D eigenvalue weighted by Gasteiger charge is -2.20. The third-order valence-electron chi connectivity index (χ3n) is 2.03. The molecule has 1 aliphatic heterocycles. The standard InChI is InChI=1S/C9H13N3O2/c1-9(2,5-10)12-8(14)6-3-4-7(13)11-6/h6H,3-4H2,1-2H3,(H,11,13)(H,12,14). The molecule has 0 aromatic carbocycles. The van der Waals surface area contributed by atoms with Crippen LogP contribution in [0.5, 0.6) is 0 Å². The summed E-state index contributed by atoms with van der Waals surface area (Å²) in [6.07, 6.45) is 0.886. The van der Waals surface area contributed by atoms with E-state index in [1.165, 1.54) is 0 Å². The number of hydrogen-bond donors (Lipinski definition) is 2. The Hall–Kier alpha value is -1.57. The van der Waals surface area contributed by atoms with E-state index in [0.717, 1.165) is 0 Å². The molecule has 0 aromatic heterocycles. The Labute approximate surface area is 82.5 Å². The predicted octanol–water partition coefficient (Wildman–Crippen LogP) is -0.317. The second-order valence-corrected chi connectivity index (χ2v) is 3.88. The molecule has 5 nitrogen and oxygen atoms in total. The Morgan fingerprint density at radius 3 is 2.79 bits per heavy atom. The lowest BCUT2D eigenvalue weighted by Crippen LogP contribution is -2.50. The van der Waals surface area contributed by atoms with Gasteiger partial charge in [-0.3, -0.25) is 9.59 Å². The number of hydrogen-bond acceptors (Lipinski definition) is 3. The van der Waals surface area contributed by atoms with Crippen LogP contribution in [0.15, 0.2) is 0 Å². The highest BCUT2D eigenvalue weighted by atomic mass is 16.2. The van der Waals surface area contributed by atoms with E-state index in [1.807, 2.05) is 6.07 Å². The summed E-state index contributed by atoms with van der Waals surface area (Å²) in [6, 6.07) is 1.49. The molecule has 0 radical (unpaired) electrons. The number of nitrogens with one attached hydrogen (secondary N) is 2. The second-order valence-electron chi connectivity index (χ2n) is 3.88. The average molecular weight is 195 g/mol. The fourth-order valence-corrected chi connectivity index (χ4v) is 1.23. The average Bonchev–Trinajstić information content (AvgIpc) is 2.51. The van der Waals surface area contributed by atoms with Gasteiger partial charge in [-0.25, -0.2) is 0 Å². The first-order valence-corrected chi connectivity index (χ1v) is 4.47. The Bertz CT molecular complexity index is 304. The minimum atomic E-state index is -0.885. The Kier molecular flexibility index (Phi) is 2.75. The maximum Gasteiger partial charge on any atom is 0.243 e. The molecular formula is C9H13N3O2. The van der Waals surface area contributed by atoms with Gasteiger partial charge in [-0.05, 0) is 20.3 Å². The van der Waals surface area contributed by atoms with Gasteiger partial charge in [-0.2, -0.15) is 5.26 Å². The maximum absolute atomic E-state index is 11.5. The zero-order valence-corrected chi connectivity index (χ0v) is 8.26. The van der Waals surface area contributed by atoms with Crippen molar-refractivity contribution in [1.82, 2.24) is 10.6 Å². The molecule has 1 aliphatic rings. The Morgan fingerprint density at radius 1 is 1.71 bits per heavy atom. The van der Waals surface area contributed by atoms with Gasteiger partial charge in [0.1, 0.15) is 11.6 Å². The largest absolute Gasteiger partial charge is 0.344 e. The van der Waals surface area contributed by atoms with Crippen LogP contribution in [-0.2, 0) is 9.59 Å². The minimum absolute atomic E-state index is 0.111. The Morgan fingerprint density at radius 2 is 2.36 bits per heavy atom. The highest BCUT2D eigenvalue weighted by Crippen LogP contribution is 2.08. The molecule has 2 N–H and O–H groups in total. The van der Waals surface area contributed by atoms with Crippen LogP contribution in [-0.4, -0.2) is 23.4 Å². The van der Waals surface area contributed by atoms with Crippen molar-refractivity contribution in [1.29, 1.82) is 5.26 Å². The summed E-state index contributed by atoms with van der Waals surface area (Å²) in [5, 5.41) is 13.8. The molecule has 0 aliphatic carbocycles. The van der Waals surface area contributed by atoms with Gasteiger partial charge in [-0.15, -0.1) is 0 Å². The molecule has 76 valence electrons. The number of carbonyl (C=O) groups is 2. The van der Waals surface area contributed by atoms with Crippen molar-refractivity contribution >= 4 is 11.8 Å². The molecule has 0 spiro atoms. The number of nitriles is 1. The summed E-state index contributed by atoms with van der Waals surface area (Å²) in [5.74, 6) is -0.401. The van der Waals surface area contributed by atoms with Crippen molar-refractivity contribution in [2.24, 2.45) is 0 Å². The topological polar surface area (TPSA) is 82.0 Å². The smallest absolute Gasteiger partial charge is 0.243 e. The lowest BCUT2D eigenvalue weighted by molar-refractivity contribution is -0.126. The van der Waals surface area contributed by atoms with E-state index in [0.29, 0.717) is 12.8 Å². The molecule has 0 bridgehead atoms. The third kappa shape index (κ3) is 2.46. The van der Waals surface area contributed by atoms with Crippen molar-refractivity contribution in [2.75, 3.05) is 0 Å². The van der Waals surface area contributed by atoms with E-state index >= 15 is 0 Å². The van der Waals surface area contributed by atoms with E-state index in [1.54, 1.807) is 13.8 Å². The van der Waals surface area contributed by atoms with Crippen LogP contribution in [0.1, 0.15) is 26.7 Å². The summed E-state index contributed by atoms with van der Waals surface area (Å²) in [5.41, 5.74) is -0.885. The molecule has 1 rings (SSSR count). The van der Waals surface area contributed by atoms with Crippen LogP contribution in [0.25, 0.3) is 0 Å². The van der Waals surface area contributed by atoms with Crippen LogP contribution < -0.4 is 10.6 Å². The molecule has 1 saturated heterocycles. The molecular weight excluding hydrogens is 182 g/mol. The first kappa shape index (κ1) is 10.5. The maximum atomic E-state index is 11.5. The van der Waals surface area contributed by atoms with Gasteiger partial charge in [0.15, 0.2) is 0 Å². The fourth-order valence-electron chi connectivity index (χ4n) is 1.23. The SMILES string of the molecule is CC(C)(C#N)NC(=O)C1CCC(=O)N1. The van der Waals surface area contributed by atoms with Crippen LogP contribution in [0.4, 0.5) is 0 Å². The molecule has 2 amide bonds. The van der Waals surface area contributed by atoms with E-state index in [9.17, 15) is 9.59 Å². The fraction of sp³-hybridized carbons (Fsp3) is 0.667. The van der Waals surface area contributed by atoms with E-state index in [-0.39, 0.29) is 11.8 Å². The quantitative estimate of drug-likeness (QED) is 0.633. The van der Waals surface area contributed by atoms with Crippen molar-refractivity contribution < 1.29 is 9.59 Å². The summed E-state index contributed by atoms with van der Waals surface area (Å²) in [4.78, 5) is 22.3. The second kappa shape index (κ2) is 3.66. The molecule has 14 heavy (non-hydrogen) atoms. The lowest BCUT2D eigenvalue weighted by atomic mass is 10.1. The van der Waals surface area contributed by atoms with Gasteiger partial charge in [0, 0.05) is 6.42 Å².